The maximum atomic E-state index is 13.1. The number of rotatable bonds is 4. The Hall–Kier alpha value is -2.05. The van der Waals surface area contributed by atoms with Gasteiger partial charge in [0.15, 0.2) is 0 Å². The molecule has 0 spiro atoms. The molecule has 0 saturated carbocycles. The van der Waals surface area contributed by atoms with Gasteiger partial charge < -0.3 is 10.0 Å². The quantitative estimate of drug-likeness (QED) is 0.910. The highest BCUT2D eigenvalue weighted by Crippen LogP contribution is 2.37. The number of hydrogen-bond acceptors (Lipinski definition) is 2. The van der Waals surface area contributed by atoms with Crippen LogP contribution in [0.5, 0.6) is 0 Å². The van der Waals surface area contributed by atoms with Crippen LogP contribution in [0, 0.1) is 5.41 Å². The number of carbonyl (C=O) groups excluding carboxylic acids is 1. The zero-order valence-electron chi connectivity index (χ0n) is 13.6. The van der Waals surface area contributed by atoms with Crippen molar-refractivity contribution in [3.8, 4) is 0 Å². The predicted molar refractivity (Wildman–Crippen MR) is 81.4 cm³/mol. The van der Waals surface area contributed by atoms with Crippen molar-refractivity contribution in [1.29, 1.82) is 0 Å². The molecule has 1 amide bonds. The first-order chi connectivity index (χ1) is 11.0. The largest absolute Gasteiger partial charge is 0.481 e. The molecule has 24 heavy (non-hydrogen) atoms. The fraction of sp³-hybridized carbons (Fsp3) is 0.529. The van der Waals surface area contributed by atoms with E-state index in [0.29, 0.717) is 13.0 Å². The van der Waals surface area contributed by atoms with Gasteiger partial charge in [-0.2, -0.15) is 13.2 Å². The molecule has 132 valence electrons. The summed E-state index contributed by atoms with van der Waals surface area (Å²) in [6.07, 6.45) is -4.20. The van der Waals surface area contributed by atoms with Crippen LogP contribution >= 0.6 is 0 Å². The Morgan fingerprint density at radius 2 is 1.96 bits per heavy atom. The van der Waals surface area contributed by atoms with E-state index in [1.807, 2.05) is 0 Å². The zero-order valence-corrected chi connectivity index (χ0v) is 13.6. The Kier molecular flexibility index (Phi) is 4.92. The molecule has 1 heterocycles. The molecule has 1 aromatic rings. The minimum Gasteiger partial charge on any atom is -0.481 e. The number of hydrogen-bond donors (Lipinski definition) is 1. The first-order valence-electron chi connectivity index (χ1n) is 7.72. The predicted octanol–water partition coefficient (Wildman–Crippen LogP) is 3.52. The fourth-order valence-corrected chi connectivity index (χ4v) is 3.03. The van der Waals surface area contributed by atoms with Gasteiger partial charge in [-0.15, -0.1) is 0 Å². The van der Waals surface area contributed by atoms with E-state index < -0.39 is 29.0 Å². The second kappa shape index (κ2) is 6.45. The van der Waals surface area contributed by atoms with Gasteiger partial charge >= 0.3 is 12.1 Å². The van der Waals surface area contributed by atoms with Gasteiger partial charge in [0, 0.05) is 19.5 Å². The summed E-state index contributed by atoms with van der Waals surface area (Å²) in [7, 11) is 0. The van der Waals surface area contributed by atoms with E-state index in [2.05, 4.69) is 0 Å². The van der Waals surface area contributed by atoms with Crippen molar-refractivity contribution in [3.63, 3.8) is 0 Å². The van der Waals surface area contributed by atoms with E-state index in [0.717, 1.165) is 6.07 Å². The Labute approximate surface area is 138 Å². The third-order valence-electron chi connectivity index (χ3n) is 4.62. The van der Waals surface area contributed by atoms with E-state index in [9.17, 15) is 27.9 Å². The molecule has 1 aliphatic rings. The van der Waals surface area contributed by atoms with E-state index in [-0.39, 0.29) is 24.4 Å². The van der Waals surface area contributed by atoms with E-state index in [1.165, 1.54) is 23.1 Å². The number of carboxylic acids is 1. The van der Waals surface area contributed by atoms with Crippen LogP contribution in [0.3, 0.4) is 0 Å². The van der Waals surface area contributed by atoms with Crippen LogP contribution in [0.15, 0.2) is 24.3 Å². The molecular weight excluding hydrogens is 323 g/mol. The summed E-state index contributed by atoms with van der Waals surface area (Å²) in [6.45, 7) is 3.56. The first kappa shape index (κ1) is 18.3. The second-order valence-corrected chi connectivity index (χ2v) is 6.62. The highest BCUT2D eigenvalue weighted by atomic mass is 19.4. The van der Waals surface area contributed by atoms with Gasteiger partial charge in [-0.05, 0) is 30.9 Å². The maximum Gasteiger partial charge on any atom is 0.416 e. The lowest BCUT2D eigenvalue weighted by molar-refractivity contribution is -0.147. The van der Waals surface area contributed by atoms with Crippen molar-refractivity contribution in [3.05, 3.63) is 35.4 Å². The lowest BCUT2D eigenvalue weighted by Crippen LogP contribution is -2.35. The van der Waals surface area contributed by atoms with Crippen molar-refractivity contribution in [2.45, 2.75) is 38.8 Å². The Bertz CT molecular complexity index is 644. The Morgan fingerprint density at radius 1 is 1.33 bits per heavy atom. The SMILES string of the molecule is C[C@@H](CC(=O)N1CC[C@@](C)(C(=O)O)C1)c1ccccc1C(F)(F)F. The average molecular weight is 343 g/mol. The molecule has 1 N–H and O–H groups in total. The van der Waals surface area contributed by atoms with Crippen molar-refractivity contribution in [1.82, 2.24) is 4.90 Å². The average Bonchev–Trinajstić information content (AvgIpc) is 2.90. The Morgan fingerprint density at radius 3 is 2.50 bits per heavy atom. The highest BCUT2D eigenvalue weighted by Gasteiger charge is 2.42. The number of alkyl halides is 3. The summed E-state index contributed by atoms with van der Waals surface area (Å²) in [5.41, 5.74) is -1.64. The van der Waals surface area contributed by atoms with Crippen molar-refractivity contribution >= 4 is 11.9 Å². The molecule has 0 aliphatic carbocycles. The minimum atomic E-state index is -4.47. The molecule has 1 aliphatic heterocycles. The standard InChI is InChI=1S/C17H20F3NO3/c1-11(12-5-3-4-6-13(12)17(18,19)20)9-14(22)21-8-7-16(2,10-21)15(23)24/h3-6,11H,7-10H2,1-2H3,(H,23,24)/t11-,16+/m0/s1. The lowest BCUT2D eigenvalue weighted by atomic mass is 9.90. The van der Waals surface area contributed by atoms with Crippen LogP contribution in [0.1, 0.15) is 43.7 Å². The molecule has 0 bridgehead atoms. The topological polar surface area (TPSA) is 57.6 Å². The van der Waals surface area contributed by atoms with Crippen LogP contribution in [-0.4, -0.2) is 35.0 Å². The second-order valence-electron chi connectivity index (χ2n) is 6.62. The summed E-state index contributed by atoms with van der Waals surface area (Å²) in [4.78, 5) is 25.0. The van der Waals surface area contributed by atoms with Crippen molar-refractivity contribution in [2.24, 2.45) is 5.41 Å². The monoisotopic (exact) mass is 343 g/mol. The maximum absolute atomic E-state index is 13.1. The molecule has 0 radical (unpaired) electrons. The normalized spacial score (nSPS) is 22.5. The fourth-order valence-electron chi connectivity index (χ4n) is 3.03. The van der Waals surface area contributed by atoms with Gasteiger partial charge in [-0.1, -0.05) is 25.1 Å². The van der Waals surface area contributed by atoms with Crippen LogP contribution in [0.4, 0.5) is 13.2 Å². The first-order valence-corrected chi connectivity index (χ1v) is 7.72. The number of amides is 1. The summed E-state index contributed by atoms with van der Waals surface area (Å²) in [6, 6.07) is 5.22. The van der Waals surface area contributed by atoms with E-state index >= 15 is 0 Å². The summed E-state index contributed by atoms with van der Waals surface area (Å²) < 4.78 is 39.2. The van der Waals surface area contributed by atoms with Crippen molar-refractivity contribution in [2.75, 3.05) is 13.1 Å². The number of aliphatic carboxylic acids is 1. The molecule has 1 aromatic carbocycles. The third kappa shape index (κ3) is 3.71. The van der Waals surface area contributed by atoms with E-state index in [4.69, 9.17) is 0 Å². The third-order valence-corrected chi connectivity index (χ3v) is 4.62. The number of halogens is 3. The van der Waals surface area contributed by atoms with Crippen LogP contribution in [0.2, 0.25) is 0 Å². The van der Waals surface area contributed by atoms with Crippen LogP contribution in [0.25, 0.3) is 0 Å². The minimum absolute atomic E-state index is 0.0806. The molecule has 1 fully saturated rings. The Balaban J connectivity index is 2.10. The molecule has 4 nitrogen and oxygen atoms in total. The van der Waals surface area contributed by atoms with Gasteiger partial charge in [-0.3, -0.25) is 9.59 Å². The van der Waals surface area contributed by atoms with Crippen LogP contribution < -0.4 is 0 Å². The number of carboxylic acid groups (broad SMARTS) is 1. The summed E-state index contributed by atoms with van der Waals surface area (Å²) in [5.74, 6) is -1.88. The molecule has 2 rings (SSSR count). The van der Waals surface area contributed by atoms with Gasteiger partial charge in [0.25, 0.3) is 0 Å². The van der Waals surface area contributed by atoms with Gasteiger partial charge in [0.1, 0.15) is 0 Å². The van der Waals surface area contributed by atoms with Crippen molar-refractivity contribution < 1.29 is 27.9 Å². The molecular formula is C17H20F3NO3. The van der Waals surface area contributed by atoms with Gasteiger partial charge in [0.05, 0.1) is 11.0 Å². The number of likely N-dealkylation sites (tertiary alicyclic amines) is 1. The summed E-state index contributed by atoms with van der Waals surface area (Å²) in [5, 5.41) is 9.19. The zero-order chi connectivity index (χ0) is 18.1. The summed E-state index contributed by atoms with van der Waals surface area (Å²) >= 11 is 0. The number of carbonyl (C=O) groups is 2. The highest BCUT2D eigenvalue weighted by molar-refractivity contribution is 5.81. The molecule has 1 saturated heterocycles. The number of benzene rings is 1. The smallest absolute Gasteiger partial charge is 0.416 e. The molecule has 0 aromatic heterocycles. The molecule has 7 heteroatoms. The number of nitrogens with zero attached hydrogens (tertiary/aromatic N) is 1. The van der Waals surface area contributed by atoms with Gasteiger partial charge in [-0.25, -0.2) is 0 Å². The molecule has 0 unspecified atom stereocenters. The molecule has 2 atom stereocenters. The van der Waals surface area contributed by atoms with Crippen LogP contribution in [-0.2, 0) is 15.8 Å². The van der Waals surface area contributed by atoms with E-state index in [1.54, 1.807) is 13.8 Å². The van der Waals surface area contributed by atoms with Gasteiger partial charge in [0.2, 0.25) is 5.91 Å². The lowest BCUT2D eigenvalue weighted by Gasteiger charge is -2.23.